The summed E-state index contributed by atoms with van der Waals surface area (Å²) in [4.78, 5) is 26.9. The van der Waals surface area contributed by atoms with Crippen molar-refractivity contribution in [3.63, 3.8) is 0 Å². The number of aromatic nitrogens is 3. The Balaban J connectivity index is 1.73. The SMILES string of the molecule is CCCCN1CN(C)C(=O)c2c(O)c(=O)c(-c3nnc(Cc4ccc(F)cc4F)s3)cn21. The number of fused-ring (bicyclic) bond motifs is 1. The van der Waals surface area contributed by atoms with Crippen LogP contribution in [0.2, 0.25) is 0 Å². The fraction of sp³-hybridized carbons (Fsp3) is 0.333. The molecule has 11 heteroatoms. The Bertz CT molecular complexity index is 1240. The van der Waals surface area contributed by atoms with Gasteiger partial charge in [-0.25, -0.2) is 8.78 Å². The van der Waals surface area contributed by atoms with Crippen LogP contribution in [0, 0.1) is 11.6 Å². The van der Waals surface area contributed by atoms with Crippen LogP contribution in [0.5, 0.6) is 5.75 Å². The molecule has 1 amide bonds. The molecule has 0 saturated carbocycles. The van der Waals surface area contributed by atoms with Crippen LogP contribution in [-0.2, 0) is 6.42 Å². The molecule has 0 fully saturated rings. The van der Waals surface area contributed by atoms with Crippen LogP contribution in [0.4, 0.5) is 8.78 Å². The minimum Gasteiger partial charge on any atom is -0.502 e. The third-order valence-electron chi connectivity index (χ3n) is 5.22. The minimum atomic E-state index is -0.731. The van der Waals surface area contributed by atoms with Crippen LogP contribution < -0.4 is 10.4 Å². The summed E-state index contributed by atoms with van der Waals surface area (Å²) in [6.45, 7) is 2.97. The van der Waals surface area contributed by atoms with Crippen LogP contribution in [0.15, 0.2) is 29.2 Å². The maximum absolute atomic E-state index is 14.0. The van der Waals surface area contributed by atoms with Crippen LogP contribution in [-0.4, -0.2) is 51.0 Å². The molecule has 0 atom stereocenters. The molecule has 0 unspecified atom stereocenters. The number of rotatable bonds is 6. The van der Waals surface area contributed by atoms with E-state index in [9.17, 15) is 23.5 Å². The first-order chi connectivity index (χ1) is 15.3. The number of benzene rings is 1. The summed E-state index contributed by atoms with van der Waals surface area (Å²) in [6, 6.07) is 3.29. The van der Waals surface area contributed by atoms with Gasteiger partial charge in [-0.3, -0.25) is 19.3 Å². The summed E-state index contributed by atoms with van der Waals surface area (Å²) in [7, 11) is 1.61. The molecular weight excluding hydrogens is 440 g/mol. The molecule has 0 bridgehead atoms. The molecule has 3 aromatic rings. The zero-order valence-electron chi connectivity index (χ0n) is 17.5. The Morgan fingerprint density at radius 3 is 2.72 bits per heavy atom. The molecule has 1 aliphatic heterocycles. The summed E-state index contributed by atoms with van der Waals surface area (Å²) in [6.07, 6.45) is 3.35. The van der Waals surface area contributed by atoms with E-state index in [0.717, 1.165) is 36.3 Å². The highest BCUT2D eigenvalue weighted by atomic mass is 32.1. The lowest BCUT2D eigenvalue weighted by molar-refractivity contribution is 0.0733. The van der Waals surface area contributed by atoms with Gasteiger partial charge in [0, 0.05) is 32.3 Å². The van der Waals surface area contributed by atoms with Crippen molar-refractivity contribution in [3.05, 3.63) is 62.5 Å². The molecule has 0 spiro atoms. The molecule has 2 aromatic heterocycles. The third kappa shape index (κ3) is 3.95. The Labute approximate surface area is 186 Å². The van der Waals surface area contributed by atoms with E-state index >= 15 is 0 Å². The molecule has 0 saturated heterocycles. The largest absolute Gasteiger partial charge is 0.502 e. The number of unbranched alkanes of at least 4 members (excludes halogenated alkanes) is 1. The molecule has 32 heavy (non-hydrogen) atoms. The lowest BCUT2D eigenvalue weighted by atomic mass is 10.1. The second kappa shape index (κ2) is 8.65. The number of hydrogen-bond acceptors (Lipinski definition) is 7. The zero-order chi connectivity index (χ0) is 23.0. The second-order valence-electron chi connectivity index (χ2n) is 7.56. The lowest BCUT2D eigenvalue weighted by Gasteiger charge is -2.38. The number of carbonyl (C=O) groups excluding carboxylic acids is 1. The number of aromatic hydroxyl groups is 1. The normalized spacial score (nSPS) is 13.6. The third-order valence-corrected chi connectivity index (χ3v) is 6.17. The molecular formula is C21H21F2N5O3S. The van der Waals surface area contributed by atoms with Crippen molar-refractivity contribution in [1.29, 1.82) is 0 Å². The molecule has 168 valence electrons. The summed E-state index contributed by atoms with van der Waals surface area (Å²) in [5, 5.41) is 21.2. The molecule has 4 rings (SSSR count). The van der Waals surface area contributed by atoms with Gasteiger partial charge in [-0.1, -0.05) is 30.7 Å². The predicted molar refractivity (Wildman–Crippen MR) is 115 cm³/mol. The maximum Gasteiger partial charge on any atom is 0.277 e. The van der Waals surface area contributed by atoms with Gasteiger partial charge in [0.1, 0.15) is 23.3 Å². The number of halogens is 2. The van der Waals surface area contributed by atoms with E-state index in [1.807, 2.05) is 11.9 Å². The zero-order valence-corrected chi connectivity index (χ0v) is 18.3. The van der Waals surface area contributed by atoms with Gasteiger partial charge in [-0.15, -0.1) is 10.2 Å². The van der Waals surface area contributed by atoms with Crippen LogP contribution >= 0.6 is 11.3 Å². The predicted octanol–water partition coefficient (Wildman–Crippen LogP) is 2.72. The van der Waals surface area contributed by atoms with E-state index in [1.165, 1.54) is 21.8 Å². The Hall–Kier alpha value is -3.34. The van der Waals surface area contributed by atoms with Crippen molar-refractivity contribution in [2.45, 2.75) is 26.2 Å². The maximum atomic E-state index is 14.0. The van der Waals surface area contributed by atoms with Gasteiger partial charge in [0.15, 0.2) is 16.5 Å². The van der Waals surface area contributed by atoms with Crippen LogP contribution in [0.3, 0.4) is 0 Å². The Morgan fingerprint density at radius 1 is 1.22 bits per heavy atom. The van der Waals surface area contributed by atoms with Crippen molar-refractivity contribution >= 4 is 17.2 Å². The second-order valence-corrected chi connectivity index (χ2v) is 8.62. The number of nitrogens with zero attached hydrogens (tertiary/aromatic N) is 5. The van der Waals surface area contributed by atoms with E-state index in [4.69, 9.17) is 0 Å². The average Bonchev–Trinajstić information content (AvgIpc) is 3.22. The van der Waals surface area contributed by atoms with Crippen molar-refractivity contribution in [1.82, 2.24) is 19.8 Å². The molecule has 1 aromatic carbocycles. The monoisotopic (exact) mass is 461 g/mol. The summed E-state index contributed by atoms with van der Waals surface area (Å²) in [5.74, 6) is -2.47. The van der Waals surface area contributed by atoms with Gasteiger partial charge in [0.25, 0.3) is 5.91 Å². The molecule has 1 aliphatic rings. The number of hydrogen-bond donors (Lipinski definition) is 1. The van der Waals surface area contributed by atoms with Crippen molar-refractivity contribution in [2.75, 3.05) is 25.3 Å². The van der Waals surface area contributed by atoms with Crippen molar-refractivity contribution in [2.24, 2.45) is 0 Å². The molecule has 8 nitrogen and oxygen atoms in total. The van der Waals surface area contributed by atoms with E-state index in [-0.39, 0.29) is 28.2 Å². The molecule has 1 N–H and O–H groups in total. The summed E-state index contributed by atoms with van der Waals surface area (Å²) >= 11 is 1.07. The first kappa shape index (κ1) is 21.9. The lowest BCUT2D eigenvalue weighted by Crippen LogP contribution is -2.53. The molecule has 0 radical (unpaired) electrons. The fourth-order valence-electron chi connectivity index (χ4n) is 3.50. The van der Waals surface area contributed by atoms with Crippen molar-refractivity contribution in [3.8, 4) is 16.3 Å². The topological polar surface area (TPSA) is 91.6 Å². The smallest absolute Gasteiger partial charge is 0.277 e. The minimum absolute atomic E-state index is 0.0773. The fourth-order valence-corrected chi connectivity index (χ4v) is 4.37. The van der Waals surface area contributed by atoms with Gasteiger partial charge in [-0.05, 0) is 18.1 Å². The number of amides is 1. The summed E-state index contributed by atoms with van der Waals surface area (Å²) < 4.78 is 28.6. The van der Waals surface area contributed by atoms with Gasteiger partial charge in [0.05, 0.1) is 5.56 Å². The standard InChI is InChI=1S/C21H21F2N5O3S/c1-3-4-7-27-11-26(2)21(31)17-19(30)18(29)14(10-28(17)27)20-25-24-16(32-20)8-12-5-6-13(22)9-15(12)23/h5-6,9-10,30H,3-4,7-8,11H2,1-2H3. The first-order valence-electron chi connectivity index (χ1n) is 10.1. The van der Waals surface area contributed by atoms with E-state index in [0.29, 0.717) is 18.2 Å². The summed E-state index contributed by atoms with van der Waals surface area (Å²) in [5.41, 5.74) is -0.486. The van der Waals surface area contributed by atoms with E-state index in [2.05, 4.69) is 10.2 Å². The highest BCUT2D eigenvalue weighted by Crippen LogP contribution is 2.28. The quantitative estimate of drug-likeness (QED) is 0.607. The van der Waals surface area contributed by atoms with Crippen LogP contribution in [0.1, 0.15) is 40.8 Å². The van der Waals surface area contributed by atoms with Crippen LogP contribution in [0.25, 0.3) is 10.6 Å². The highest BCUT2D eigenvalue weighted by molar-refractivity contribution is 7.14. The van der Waals surface area contributed by atoms with Gasteiger partial charge in [0.2, 0.25) is 5.43 Å². The van der Waals surface area contributed by atoms with Crippen molar-refractivity contribution < 1.29 is 18.7 Å². The first-order valence-corrected chi connectivity index (χ1v) is 10.9. The highest BCUT2D eigenvalue weighted by Gasteiger charge is 2.32. The Morgan fingerprint density at radius 2 is 2.00 bits per heavy atom. The molecule has 3 heterocycles. The average molecular weight is 461 g/mol. The number of pyridine rings is 1. The number of carbonyl (C=O) groups is 1. The van der Waals surface area contributed by atoms with E-state index < -0.39 is 28.7 Å². The van der Waals surface area contributed by atoms with Gasteiger partial charge < -0.3 is 10.0 Å². The van der Waals surface area contributed by atoms with Gasteiger partial charge >= 0.3 is 0 Å². The molecule has 0 aliphatic carbocycles. The Kier molecular flexibility index (Phi) is 5.92. The van der Waals surface area contributed by atoms with Gasteiger partial charge in [-0.2, -0.15) is 0 Å². The van der Waals surface area contributed by atoms with E-state index in [1.54, 1.807) is 7.05 Å².